The Bertz CT molecular complexity index is 374. The molecular formula is C14H23BrN2O2. The zero-order chi connectivity index (χ0) is 14.1. The van der Waals surface area contributed by atoms with Gasteiger partial charge >= 0.3 is 0 Å². The summed E-state index contributed by atoms with van der Waals surface area (Å²) in [4.78, 5) is 2.18. The summed E-state index contributed by atoms with van der Waals surface area (Å²) in [5, 5.41) is 3.34. The molecule has 0 fully saturated rings. The summed E-state index contributed by atoms with van der Waals surface area (Å²) in [6.45, 7) is 4.04. The summed E-state index contributed by atoms with van der Waals surface area (Å²) in [6, 6.07) is 6.42. The summed E-state index contributed by atoms with van der Waals surface area (Å²) >= 11 is 3.62. The quantitative estimate of drug-likeness (QED) is 0.704. The second kappa shape index (κ2) is 9.31. The topological polar surface area (TPSA) is 33.7 Å². The van der Waals surface area contributed by atoms with E-state index in [-0.39, 0.29) is 0 Å². The highest BCUT2D eigenvalue weighted by atomic mass is 79.9. The SMILES string of the molecule is COCCNCc1ccc(N(C)CCOC)cc1Br. The van der Waals surface area contributed by atoms with Crippen molar-refractivity contribution in [1.82, 2.24) is 5.32 Å². The van der Waals surface area contributed by atoms with Gasteiger partial charge in [0.15, 0.2) is 0 Å². The number of hydrogen-bond donors (Lipinski definition) is 1. The van der Waals surface area contributed by atoms with Crippen LogP contribution in [0.3, 0.4) is 0 Å². The Labute approximate surface area is 124 Å². The van der Waals surface area contributed by atoms with Crippen molar-refractivity contribution in [3.05, 3.63) is 28.2 Å². The minimum Gasteiger partial charge on any atom is -0.383 e. The fourth-order valence-electron chi connectivity index (χ4n) is 1.67. The van der Waals surface area contributed by atoms with Crippen molar-refractivity contribution >= 4 is 21.6 Å². The van der Waals surface area contributed by atoms with Crippen molar-refractivity contribution < 1.29 is 9.47 Å². The largest absolute Gasteiger partial charge is 0.383 e. The van der Waals surface area contributed by atoms with Crippen LogP contribution in [-0.2, 0) is 16.0 Å². The number of methoxy groups -OCH3 is 2. The van der Waals surface area contributed by atoms with Gasteiger partial charge < -0.3 is 19.7 Å². The van der Waals surface area contributed by atoms with Gasteiger partial charge in [-0.05, 0) is 17.7 Å². The van der Waals surface area contributed by atoms with E-state index in [0.29, 0.717) is 0 Å². The minimum atomic E-state index is 0.731. The van der Waals surface area contributed by atoms with E-state index in [4.69, 9.17) is 9.47 Å². The van der Waals surface area contributed by atoms with E-state index < -0.39 is 0 Å². The first-order valence-electron chi connectivity index (χ1n) is 6.37. The molecule has 0 radical (unpaired) electrons. The highest BCUT2D eigenvalue weighted by Crippen LogP contribution is 2.23. The molecule has 0 aliphatic heterocycles. The maximum absolute atomic E-state index is 5.09. The van der Waals surface area contributed by atoms with Crippen LogP contribution in [0.1, 0.15) is 5.56 Å². The summed E-state index contributed by atoms with van der Waals surface area (Å²) in [7, 11) is 5.50. The molecule has 0 aliphatic rings. The molecule has 0 bridgehead atoms. The van der Waals surface area contributed by atoms with E-state index in [2.05, 4.69) is 51.4 Å². The molecule has 1 rings (SSSR count). The highest BCUT2D eigenvalue weighted by molar-refractivity contribution is 9.10. The van der Waals surface area contributed by atoms with Crippen LogP contribution in [0.2, 0.25) is 0 Å². The molecule has 0 aliphatic carbocycles. The lowest BCUT2D eigenvalue weighted by molar-refractivity contribution is 0.199. The molecule has 0 amide bonds. The van der Waals surface area contributed by atoms with Gasteiger partial charge in [0.05, 0.1) is 13.2 Å². The van der Waals surface area contributed by atoms with Gasteiger partial charge in [-0.15, -0.1) is 0 Å². The number of nitrogens with zero attached hydrogens (tertiary/aromatic N) is 1. The molecule has 5 heteroatoms. The molecule has 0 aromatic heterocycles. The van der Waals surface area contributed by atoms with E-state index >= 15 is 0 Å². The molecule has 0 heterocycles. The minimum absolute atomic E-state index is 0.731. The van der Waals surface area contributed by atoms with Gasteiger partial charge in [0.2, 0.25) is 0 Å². The van der Waals surface area contributed by atoms with Crippen molar-refractivity contribution in [3.8, 4) is 0 Å². The van der Waals surface area contributed by atoms with Gasteiger partial charge in [-0.2, -0.15) is 0 Å². The first-order chi connectivity index (χ1) is 9.19. The number of nitrogens with one attached hydrogen (secondary N) is 1. The van der Waals surface area contributed by atoms with Crippen LogP contribution in [0, 0.1) is 0 Å². The molecule has 0 saturated carbocycles. The third-order valence-corrected chi connectivity index (χ3v) is 3.64. The maximum atomic E-state index is 5.09. The Kier molecular flexibility index (Phi) is 8.05. The van der Waals surface area contributed by atoms with Gasteiger partial charge in [0.25, 0.3) is 0 Å². The van der Waals surface area contributed by atoms with Crippen LogP contribution in [-0.4, -0.2) is 47.6 Å². The number of halogens is 1. The van der Waals surface area contributed by atoms with Crippen LogP contribution >= 0.6 is 15.9 Å². The first-order valence-corrected chi connectivity index (χ1v) is 7.16. The Balaban J connectivity index is 2.53. The Morgan fingerprint density at radius 1 is 1.21 bits per heavy atom. The number of ether oxygens (including phenoxy) is 2. The van der Waals surface area contributed by atoms with Crippen LogP contribution in [0.15, 0.2) is 22.7 Å². The summed E-state index contributed by atoms with van der Waals surface area (Å²) in [5.41, 5.74) is 2.43. The molecule has 108 valence electrons. The Morgan fingerprint density at radius 3 is 2.58 bits per heavy atom. The third-order valence-electron chi connectivity index (χ3n) is 2.91. The molecule has 4 nitrogen and oxygen atoms in total. The second-order valence-electron chi connectivity index (χ2n) is 4.36. The van der Waals surface area contributed by atoms with Crippen molar-refractivity contribution in [2.45, 2.75) is 6.54 Å². The van der Waals surface area contributed by atoms with Crippen LogP contribution in [0.4, 0.5) is 5.69 Å². The number of benzene rings is 1. The third kappa shape index (κ3) is 5.91. The summed E-state index contributed by atoms with van der Waals surface area (Å²) in [5.74, 6) is 0. The lowest BCUT2D eigenvalue weighted by Gasteiger charge is -2.20. The number of likely N-dealkylation sites (N-methyl/N-ethyl adjacent to an activating group) is 1. The van der Waals surface area contributed by atoms with Crippen LogP contribution < -0.4 is 10.2 Å². The molecular weight excluding hydrogens is 308 g/mol. The van der Waals surface area contributed by atoms with Gasteiger partial charge in [-0.25, -0.2) is 0 Å². The molecule has 0 unspecified atom stereocenters. The second-order valence-corrected chi connectivity index (χ2v) is 5.21. The molecule has 0 atom stereocenters. The fourth-order valence-corrected chi connectivity index (χ4v) is 2.18. The average Bonchev–Trinajstić information content (AvgIpc) is 2.42. The smallest absolute Gasteiger partial charge is 0.0637 e. The lowest BCUT2D eigenvalue weighted by Crippen LogP contribution is -2.22. The molecule has 1 N–H and O–H groups in total. The van der Waals surface area contributed by atoms with Gasteiger partial charge in [0, 0.05) is 51.1 Å². The molecule has 1 aromatic rings. The highest BCUT2D eigenvalue weighted by Gasteiger charge is 2.05. The number of hydrogen-bond acceptors (Lipinski definition) is 4. The lowest BCUT2D eigenvalue weighted by atomic mass is 10.2. The van der Waals surface area contributed by atoms with E-state index in [1.807, 2.05) is 0 Å². The van der Waals surface area contributed by atoms with E-state index in [0.717, 1.165) is 37.3 Å². The number of rotatable bonds is 9. The van der Waals surface area contributed by atoms with E-state index in [9.17, 15) is 0 Å². The van der Waals surface area contributed by atoms with Gasteiger partial charge in [0.1, 0.15) is 0 Å². The van der Waals surface area contributed by atoms with E-state index in [1.54, 1.807) is 14.2 Å². The van der Waals surface area contributed by atoms with E-state index in [1.165, 1.54) is 11.3 Å². The molecule has 0 spiro atoms. The van der Waals surface area contributed by atoms with Gasteiger partial charge in [-0.3, -0.25) is 0 Å². The predicted molar refractivity (Wildman–Crippen MR) is 82.9 cm³/mol. The fraction of sp³-hybridized carbons (Fsp3) is 0.571. The van der Waals surface area contributed by atoms with Crippen LogP contribution in [0.5, 0.6) is 0 Å². The Morgan fingerprint density at radius 2 is 1.95 bits per heavy atom. The summed E-state index contributed by atoms with van der Waals surface area (Å²) in [6.07, 6.45) is 0. The first kappa shape index (κ1) is 16.4. The normalized spacial score (nSPS) is 10.7. The van der Waals surface area contributed by atoms with Crippen LogP contribution in [0.25, 0.3) is 0 Å². The van der Waals surface area contributed by atoms with Crippen molar-refractivity contribution in [1.29, 1.82) is 0 Å². The zero-order valence-corrected chi connectivity index (χ0v) is 13.5. The molecule has 0 saturated heterocycles. The summed E-state index contributed by atoms with van der Waals surface area (Å²) < 4.78 is 11.2. The monoisotopic (exact) mass is 330 g/mol. The van der Waals surface area contributed by atoms with Crippen molar-refractivity contribution in [2.24, 2.45) is 0 Å². The average molecular weight is 331 g/mol. The molecule has 19 heavy (non-hydrogen) atoms. The van der Waals surface area contributed by atoms with Crippen molar-refractivity contribution in [3.63, 3.8) is 0 Å². The predicted octanol–water partition coefficient (Wildman–Crippen LogP) is 2.27. The molecule has 1 aromatic carbocycles. The van der Waals surface area contributed by atoms with Crippen molar-refractivity contribution in [2.75, 3.05) is 52.5 Å². The zero-order valence-electron chi connectivity index (χ0n) is 11.9. The standard InChI is InChI=1S/C14H23BrN2O2/c1-17(7-9-19-3)13-5-4-12(14(15)10-13)11-16-6-8-18-2/h4-5,10,16H,6-9,11H2,1-3H3. The van der Waals surface area contributed by atoms with Gasteiger partial charge in [-0.1, -0.05) is 22.0 Å². The Hall–Kier alpha value is -0.620. The maximum Gasteiger partial charge on any atom is 0.0637 e. The number of anilines is 1.